The largest absolute Gasteiger partial charge is 0.416 e. The van der Waals surface area contributed by atoms with Crippen LogP contribution in [0.15, 0.2) is 36.4 Å². The maximum atomic E-state index is 13.2. The molecule has 1 aliphatic heterocycles. The molecule has 0 bridgehead atoms. The van der Waals surface area contributed by atoms with Crippen LogP contribution in [-0.4, -0.2) is 31.2 Å². The zero-order chi connectivity index (χ0) is 23.4. The summed E-state index contributed by atoms with van der Waals surface area (Å²) >= 11 is 1.33. The van der Waals surface area contributed by atoms with Gasteiger partial charge in [0.25, 0.3) is 0 Å². The van der Waals surface area contributed by atoms with Gasteiger partial charge < -0.3 is 10.2 Å². The van der Waals surface area contributed by atoms with Gasteiger partial charge in [-0.05, 0) is 87.0 Å². The monoisotopic (exact) mass is 472 g/mol. The maximum absolute atomic E-state index is 13.2. The smallest absolute Gasteiger partial charge is 0.348 e. The van der Waals surface area contributed by atoms with Crippen molar-refractivity contribution < 1.29 is 13.2 Å². The third-order valence-corrected chi connectivity index (χ3v) is 7.40. The summed E-state index contributed by atoms with van der Waals surface area (Å²) in [7, 11) is 0. The lowest BCUT2D eigenvalue weighted by molar-refractivity contribution is -0.137. The van der Waals surface area contributed by atoms with E-state index in [1.54, 1.807) is 0 Å². The molecule has 2 heterocycles. The molecule has 0 atom stereocenters. The molecule has 0 amide bonds. The van der Waals surface area contributed by atoms with Gasteiger partial charge in [0, 0.05) is 13.1 Å². The molecule has 1 N–H and O–H groups in total. The highest BCUT2D eigenvalue weighted by Gasteiger charge is 2.31. The van der Waals surface area contributed by atoms with Crippen molar-refractivity contribution in [2.45, 2.75) is 38.8 Å². The fourth-order valence-corrected chi connectivity index (χ4v) is 5.36. The van der Waals surface area contributed by atoms with Gasteiger partial charge in [0.1, 0.15) is 0 Å². The number of aromatic nitrogens is 1. The van der Waals surface area contributed by atoms with Gasteiger partial charge >= 0.3 is 6.18 Å². The summed E-state index contributed by atoms with van der Waals surface area (Å²) in [6, 6.07) is 11.8. The van der Waals surface area contributed by atoms with E-state index in [0.717, 1.165) is 74.2 Å². The van der Waals surface area contributed by atoms with E-state index < -0.39 is 11.7 Å². The van der Waals surface area contributed by atoms with Gasteiger partial charge in [0.05, 0.1) is 27.4 Å². The molecule has 0 radical (unpaired) electrons. The van der Waals surface area contributed by atoms with Crippen LogP contribution in [0.4, 0.5) is 18.3 Å². The van der Waals surface area contributed by atoms with Crippen molar-refractivity contribution in [3.05, 3.63) is 58.7 Å². The minimum Gasteiger partial charge on any atom is -0.348 e. The van der Waals surface area contributed by atoms with Crippen molar-refractivity contribution in [3.8, 4) is 6.07 Å². The Bertz CT molecular complexity index is 1140. The zero-order valence-corrected chi connectivity index (χ0v) is 19.4. The van der Waals surface area contributed by atoms with Crippen LogP contribution in [0.1, 0.15) is 41.5 Å². The van der Waals surface area contributed by atoms with Gasteiger partial charge in [-0.1, -0.05) is 23.5 Å². The molecule has 0 aliphatic carbocycles. The first-order valence-corrected chi connectivity index (χ1v) is 12.1. The molecule has 3 aromatic rings. The van der Waals surface area contributed by atoms with Gasteiger partial charge in [-0.25, -0.2) is 4.98 Å². The van der Waals surface area contributed by atoms with Crippen LogP contribution < -0.4 is 10.2 Å². The summed E-state index contributed by atoms with van der Waals surface area (Å²) in [6.07, 6.45) is -0.240. The Morgan fingerprint density at radius 1 is 1.15 bits per heavy atom. The molecule has 0 spiro atoms. The molecule has 1 aliphatic rings. The molecule has 1 aromatic heterocycles. The molecule has 0 saturated carbocycles. The molecule has 33 heavy (non-hydrogen) atoms. The molecule has 2 aromatic carbocycles. The maximum Gasteiger partial charge on any atom is 0.416 e. The molecule has 1 fully saturated rings. The number of piperidine rings is 1. The highest BCUT2D eigenvalue weighted by molar-refractivity contribution is 7.22. The van der Waals surface area contributed by atoms with Crippen molar-refractivity contribution >= 4 is 26.7 Å². The Balaban J connectivity index is 1.55. The van der Waals surface area contributed by atoms with Crippen LogP contribution in [0.2, 0.25) is 0 Å². The van der Waals surface area contributed by atoms with Crippen LogP contribution in [0, 0.1) is 24.2 Å². The highest BCUT2D eigenvalue weighted by Crippen LogP contribution is 2.35. The Labute approximate surface area is 196 Å². The van der Waals surface area contributed by atoms with Crippen LogP contribution in [-0.2, 0) is 12.6 Å². The molecular formula is C25H27F3N4S. The van der Waals surface area contributed by atoms with E-state index in [-0.39, 0.29) is 0 Å². The summed E-state index contributed by atoms with van der Waals surface area (Å²) in [5, 5.41) is 13.3. The first-order valence-electron chi connectivity index (χ1n) is 11.3. The van der Waals surface area contributed by atoms with Crippen molar-refractivity contribution in [1.29, 1.82) is 5.26 Å². The minimum atomic E-state index is -4.36. The Kier molecular flexibility index (Phi) is 7.20. The second kappa shape index (κ2) is 10.1. The second-order valence-electron chi connectivity index (χ2n) is 8.66. The van der Waals surface area contributed by atoms with E-state index in [0.29, 0.717) is 21.7 Å². The van der Waals surface area contributed by atoms with Gasteiger partial charge in [-0.15, -0.1) is 0 Å². The van der Waals surface area contributed by atoms with Gasteiger partial charge in [-0.2, -0.15) is 18.4 Å². The van der Waals surface area contributed by atoms with E-state index in [9.17, 15) is 13.2 Å². The average molecular weight is 473 g/mol. The van der Waals surface area contributed by atoms with Gasteiger partial charge in [0.2, 0.25) is 0 Å². The molecule has 1 saturated heterocycles. The number of hydrogen-bond acceptors (Lipinski definition) is 5. The minimum absolute atomic E-state index is 0.556. The standard InChI is InChI=1S/C25H27F3N4S/c1-17-14-19(2-3-20(17)16-29)9-13-32(12-8-18-6-10-30-11-7-18)24-31-22-5-4-21(25(26,27)28)15-23(22)33-24/h2-5,14-15,18,30H,6-13H2,1H3. The van der Waals surface area contributed by atoms with Crippen molar-refractivity contribution in [2.75, 3.05) is 31.1 Å². The van der Waals surface area contributed by atoms with Crippen LogP contribution >= 0.6 is 11.3 Å². The Morgan fingerprint density at radius 3 is 2.64 bits per heavy atom. The van der Waals surface area contributed by atoms with Crippen LogP contribution in [0.3, 0.4) is 0 Å². The number of benzene rings is 2. The molecule has 0 unspecified atom stereocenters. The number of anilines is 1. The predicted octanol–water partition coefficient (Wildman–Crippen LogP) is 5.93. The fourth-order valence-electron chi connectivity index (χ4n) is 4.31. The predicted molar refractivity (Wildman–Crippen MR) is 127 cm³/mol. The number of thiazole rings is 1. The number of hydrogen-bond donors (Lipinski definition) is 1. The molecule has 4 rings (SSSR count). The topological polar surface area (TPSA) is 52.0 Å². The fraction of sp³-hybridized carbons (Fsp3) is 0.440. The van der Waals surface area contributed by atoms with Crippen molar-refractivity contribution in [1.82, 2.24) is 10.3 Å². The molecule has 4 nitrogen and oxygen atoms in total. The van der Waals surface area contributed by atoms with E-state index >= 15 is 0 Å². The van der Waals surface area contributed by atoms with Crippen molar-refractivity contribution in [3.63, 3.8) is 0 Å². The van der Waals surface area contributed by atoms with E-state index in [2.05, 4.69) is 21.3 Å². The van der Waals surface area contributed by atoms with Crippen LogP contribution in [0.5, 0.6) is 0 Å². The lowest BCUT2D eigenvalue weighted by Crippen LogP contribution is -2.32. The summed E-state index contributed by atoms with van der Waals surface area (Å²) in [5.74, 6) is 0.650. The number of rotatable bonds is 7. The molecule has 8 heteroatoms. The summed E-state index contributed by atoms with van der Waals surface area (Å²) in [4.78, 5) is 6.89. The SMILES string of the molecule is Cc1cc(CCN(CCC2CCNCC2)c2nc3ccc(C(F)(F)F)cc3s2)ccc1C#N. The normalized spacial score (nSPS) is 15.0. The number of fused-ring (bicyclic) bond motifs is 1. The quantitative estimate of drug-likeness (QED) is 0.463. The van der Waals surface area contributed by atoms with Gasteiger partial charge in [-0.3, -0.25) is 0 Å². The summed E-state index contributed by atoms with van der Waals surface area (Å²) in [5.41, 5.74) is 2.73. The molecular weight excluding hydrogens is 445 g/mol. The Hall–Kier alpha value is -2.63. The zero-order valence-electron chi connectivity index (χ0n) is 18.6. The lowest BCUT2D eigenvalue weighted by atomic mass is 9.94. The number of alkyl halides is 3. The first-order chi connectivity index (χ1) is 15.8. The van der Waals surface area contributed by atoms with E-state index in [4.69, 9.17) is 5.26 Å². The molecule has 174 valence electrons. The van der Waals surface area contributed by atoms with Gasteiger partial charge in [0.15, 0.2) is 5.13 Å². The summed E-state index contributed by atoms with van der Waals surface area (Å²) in [6.45, 7) is 5.56. The summed E-state index contributed by atoms with van der Waals surface area (Å²) < 4.78 is 40.0. The third-order valence-electron chi connectivity index (χ3n) is 6.32. The lowest BCUT2D eigenvalue weighted by Gasteiger charge is -2.27. The first kappa shape index (κ1) is 23.5. The Morgan fingerprint density at radius 2 is 1.94 bits per heavy atom. The number of nitrogens with one attached hydrogen (secondary N) is 1. The van der Waals surface area contributed by atoms with Crippen LogP contribution in [0.25, 0.3) is 10.2 Å². The van der Waals surface area contributed by atoms with Crippen molar-refractivity contribution in [2.24, 2.45) is 5.92 Å². The number of halogens is 3. The third kappa shape index (κ3) is 5.84. The van der Waals surface area contributed by atoms with E-state index in [1.807, 2.05) is 25.1 Å². The van der Waals surface area contributed by atoms with E-state index in [1.165, 1.54) is 23.5 Å². The highest BCUT2D eigenvalue weighted by atomic mass is 32.1. The number of nitrogens with zero attached hydrogens (tertiary/aromatic N) is 3. The second-order valence-corrected chi connectivity index (χ2v) is 9.67. The average Bonchev–Trinajstić information content (AvgIpc) is 3.22. The number of nitriles is 1. The number of aryl methyl sites for hydroxylation is 1.